The topological polar surface area (TPSA) is 0 Å². The lowest BCUT2D eigenvalue weighted by atomic mass is 9.93. The highest BCUT2D eigenvalue weighted by Gasteiger charge is 2.05. The molecule has 0 fully saturated rings. The number of rotatable bonds is 13. The Morgan fingerprint density at radius 2 is 1.14 bits per heavy atom. The van der Waals surface area contributed by atoms with Crippen molar-refractivity contribution in [1.82, 2.24) is 0 Å². The van der Waals surface area contributed by atoms with E-state index in [1.165, 1.54) is 54.4 Å². The summed E-state index contributed by atoms with van der Waals surface area (Å²) in [5.74, 6) is 0.623. The molecular formula is C37H76. The van der Waals surface area contributed by atoms with Crippen LogP contribution in [0.25, 0.3) is 0 Å². The summed E-state index contributed by atoms with van der Waals surface area (Å²) < 4.78 is 0. The minimum atomic E-state index is 0.623. The van der Waals surface area contributed by atoms with Gasteiger partial charge in [-0.05, 0) is 70.8 Å². The van der Waals surface area contributed by atoms with Crippen LogP contribution in [0.4, 0.5) is 0 Å². The fraction of sp³-hybridized carbons (Fsp3) is 0.676. The molecule has 0 saturated carbocycles. The van der Waals surface area contributed by atoms with Crippen LogP contribution in [0, 0.1) is 5.92 Å². The van der Waals surface area contributed by atoms with E-state index in [1.807, 2.05) is 68.4 Å². The van der Waals surface area contributed by atoms with E-state index in [0.29, 0.717) is 5.92 Å². The highest BCUT2D eigenvalue weighted by atomic mass is 14.1. The molecule has 0 aromatic carbocycles. The van der Waals surface area contributed by atoms with Gasteiger partial charge in [-0.3, -0.25) is 0 Å². The van der Waals surface area contributed by atoms with E-state index in [1.54, 1.807) is 0 Å². The first-order chi connectivity index (χ1) is 17.6. The van der Waals surface area contributed by atoms with Crippen molar-refractivity contribution in [3.05, 3.63) is 72.9 Å². The maximum Gasteiger partial charge on any atom is -0.0231 e. The Labute approximate surface area is 240 Å². The lowest BCUT2D eigenvalue weighted by Crippen LogP contribution is -1.98. The van der Waals surface area contributed by atoms with Crippen molar-refractivity contribution in [2.45, 2.75) is 162 Å². The first kappa shape index (κ1) is 52.0. The molecule has 0 heterocycles. The highest BCUT2D eigenvalue weighted by molar-refractivity contribution is 5.32. The Morgan fingerprint density at radius 1 is 0.703 bits per heavy atom. The molecule has 37 heavy (non-hydrogen) atoms. The van der Waals surface area contributed by atoms with Gasteiger partial charge in [-0.1, -0.05) is 157 Å². The van der Waals surface area contributed by atoms with E-state index < -0.39 is 0 Å². The lowest BCUT2D eigenvalue weighted by molar-refractivity contribution is 0.597. The van der Waals surface area contributed by atoms with Crippen LogP contribution in [0.2, 0.25) is 0 Å². The molecule has 1 unspecified atom stereocenters. The molecule has 0 N–H and O–H groups in total. The Morgan fingerprint density at radius 3 is 1.46 bits per heavy atom. The standard InChI is InChI=1S/2C13H22.C3H8.4C2H6/c1-6-7-8-12(4)13(5)10-9-11(2)3;1-6-7-8-9-12(4)13(5)10-11(2)3;1-3-2;4*1-2/h6,12H,1-2,5,7-10H2,3-4H3;10H,2,4,6-9H2,1,3,5H3;3H2,1-2H3;4*1-2H3/b;13-10+;;;;;. The second-order valence-corrected chi connectivity index (χ2v) is 8.32. The van der Waals surface area contributed by atoms with Crippen molar-refractivity contribution < 1.29 is 0 Å². The van der Waals surface area contributed by atoms with Gasteiger partial charge < -0.3 is 0 Å². The third-order valence-corrected chi connectivity index (χ3v) is 4.48. The smallest absolute Gasteiger partial charge is 0.0231 e. The lowest BCUT2D eigenvalue weighted by Gasteiger charge is -2.13. The SMILES string of the molecule is C=C(C)/C=C(\C)C(=C)CCCCC.C=CCCC(C)C(=C)CCC(=C)C.CC.CC.CC.CC.CCC. The third-order valence-electron chi connectivity index (χ3n) is 4.48. The molecule has 1 atom stereocenters. The Balaban J connectivity index is -0.0000000704. The molecule has 0 aromatic rings. The maximum absolute atomic E-state index is 4.10. The zero-order chi connectivity index (χ0) is 31.2. The van der Waals surface area contributed by atoms with Gasteiger partial charge in [0.2, 0.25) is 0 Å². The fourth-order valence-electron chi connectivity index (χ4n) is 2.45. The molecule has 224 valence electrons. The molecule has 0 rings (SSSR count). The van der Waals surface area contributed by atoms with Crippen molar-refractivity contribution in [1.29, 1.82) is 0 Å². The van der Waals surface area contributed by atoms with Crippen LogP contribution in [0.1, 0.15) is 162 Å². The first-order valence-corrected chi connectivity index (χ1v) is 15.5. The normalized spacial score (nSPS) is 9.43. The number of unbranched alkanes of at least 4 members (excludes halogenated alkanes) is 2. The van der Waals surface area contributed by atoms with E-state index >= 15 is 0 Å². The summed E-state index contributed by atoms with van der Waals surface area (Å²) in [6.07, 6.45) is 14.7. The molecule has 0 nitrogen and oxygen atoms in total. The molecule has 0 aromatic heterocycles. The predicted octanol–water partition coefficient (Wildman–Crippen LogP) is 14.7. The maximum atomic E-state index is 4.10. The van der Waals surface area contributed by atoms with Crippen LogP contribution in [-0.4, -0.2) is 0 Å². The van der Waals surface area contributed by atoms with Crippen molar-refractivity contribution >= 4 is 0 Å². The van der Waals surface area contributed by atoms with Crippen molar-refractivity contribution in [3.8, 4) is 0 Å². The van der Waals surface area contributed by atoms with E-state index in [0.717, 1.165) is 31.3 Å². The van der Waals surface area contributed by atoms with Crippen LogP contribution in [0.5, 0.6) is 0 Å². The minimum Gasteiger partial charge on any atom is -0.103 e. The predicted molar refractivity (Wildman–Crippen MR) is 185 cm³/mol. The minimum absolute atomic E-state index is 0.623. The second kappa shape index (κ2) is 51.1. The molecule has 0 saturated heterocycles. The average molecular weight is 521 g/mol. The summed E-state index contributed by atoms with van der Waals surface area (Å²) in [6.45, 7) is 50.6. The molecule has 0 bridgehead atoms. The summed E-state index contributed by atoms with van der Waals surface area (Å²) in [5.41, 5.74) is 6.25. The highest BCUT2D eigenvalue weighted by Crippen LogP contribution is 2.21. The van der Waals surface area contributed by atoms with Crippen molar-refractivity contribution in [2.75, 3.05) is 0 Å². The molecular weight excluding hydrogens is 444 g/mol. The Bertz CT molecular complexity index is 498. The number of hydrogen-bond acceptors (Lipinski definition) is 0. The molecule has 0 aliphatic heterocycles. The monoisotopic (exact) mass is 521 g/mol. The summed E-state index contributed by atoms with van der Waals surface area (Å²) in [5, 5.41) is 0. The van der Waals surface area contributed by atoms with Gasteiger partial charge in [-0.25, -0.2) is 0 Å². The summed E-state index contributed by atoms with van der Waals surface area (Å²) in [4.78, 5) is 0. The zero-order valence-electron chi connectivity index (χ0n) is 29.1. The van der Waals surface area contributed by atoms with E-state index in [9.17, 15) is 0 Å². The van der Waals surface area contributed by atoms with Gasteiger partial charge in [-0.15, -0.1) is 13.2 Å². The molecule has 0 spiro atoms. The van der Waals surface area contributed by atoms with Gasteiger partial charge in [0.25, 0.3) is 0 Å². The quantitative estimate of drug-likeness (QED) is 0.129. The number of hydrogen-bond donors (Lipinski definition) is 0. The Hall–Kier alpha value is -1.56. The fourth-order valence-corrected chi connectivity index (χ4v) is 2.45. The second-order valence-electron chi connectivity index (χ2n) is 8.32. The van der Waals surface area contributed by atoms with Gasteiger partial charge in [0.15, 0.2) is 0 Å². The van der Waals surface area contributed by atoms with Gasteiger partial charge in [0.1, 0.15) is 0 Å². The van der Waals surface area contributed by atoms with Crippen LogP contribution in [-0.2, 0) is 0 Å². The van der Waals surface area contributed by atoms with Gasteiger partial charge >= 0.3 is 0 Å². The zero-order valence-corrected chi connectivity index (χ0v) is 29.1. The molecule has 0 radical (unpaired) electrons. The third kappa shape index (κ3) is 60.7. The number of allylic oxidation sites excluding steroid dienone is 7. The van der Waals surface area contributed by atoms with Crippen molar-refractivity contribution in [2.24, 2.45) is 5.92 Å². The van der Waals surface area contributed by atoms with Crippen LogP contribution in [0.15, 0.2) is 72.9 Å². The largest absolute Gasteiger partial charge is 0.103 e. The van der Waals surface area contributed by atoms with E-state index in [-0.39, 0.29) is 0 Å². The van der Waals surface area contributed by atoms with Gasteiger partial charge in [0, 0.05) is 0 Å². The molecule has 0 aliphatic rings. The van der Waals surface area contributed by atoms with Crippen molar-refractivity contribution in [3.63, 3.8) is 0 Å². The van der Waals surface area contributed by atoms with Gasteiger partial charge in [-0.2, -0.15) is 0 Å². The molecule has 0 heteroatoms. The van der Waals surface area contributed by atoms with E-state index in [2.05, 4.69) is 80.5 Å². The van der Waals surface area contributed by atoms with E-state index in [4.69, 9.17) is 0 Å². The summed E-state index contributed by atoms with van der Waals surface area (Å²) >= 11 is 0. The molecule has 0 aliphatic carbocycles. The van der Waals surface area contributed by atoms with Gasteiger partial charge in [0.05, 0.1) is 0 Å². The van der Waals surface area contributed by atoms with Crippen LogP contribution < -0.4 is 0 Å². The summed E-state index contributed by atoms with van der Waals surface area (Å²) in [7, 11) is 0. The van der Waals surface area contributed by atoms with Crippen LogP contribution >= 0.6 is 0 Å². The molecule has 0 amide bonds. The first-order valence-electron chi connectivity index (χ1n) is 15.5. The van der Waals surface area contributed by atoms with Crippen LogP contribution in [0.3, 0.4) is 0 Å². The Kier molecular flexibility index (Phi) is 71.8. The summed E-state index contributed by atoms with van der Waals surface area (Å²) in [6, 6.07) is 0. The average Bonchev–Trinajstić information content (AvgIpc) is 2.91.